The molecular weight excluding hydrogens is 136 g/mol. The van der Waals surface area contributed by atoms with Crippen LogP contribution in [0.3, 0.4) is 0 Å². The largest absolute Gasteiger partial charge is 0.458 e. The van der Waals surface area contributed by atoms with E-state index in [-0.39, 0.29) is 25.0 Å². The minimum atomic E-state index is -0.475. The van der Waals surface area contributed by atoms with Crippen molar-refractivity contribution in [3.63, 3.8) is 0 Å². The van der Waals surface area contributed by atoms with E-state index in [1.807, 2.05) is 0 Å². The maximum atomic E-state index is 10.6. The molecule has 1 aliphatic rings. The van der Waals surface area contributed by atoms with Crippen molar-refractivity contribution in [2.45, 2.75) is 18.6 Å². The highest BCUT2D eigenvalue weighted by atomic mass is 16.6. The van der Waals surface area contributed by atoms with E-state index in [1.165, 1.54) is 0 Å². The summed E-state index contributed by atoms with van der Waals surface area (Å²) in [6.45, 7) is -0.180. The molecule has 5 heteroatoms. The molecule has 1 rings (SSSR count). The summed E-state index contributed by atoms with van der Waals surface area (Å²) in [4.78, 5) is 10.6. The Kier molecular flexibility index (Phi) is 2.21. The highest BCUT2D eigenvalue weighted by Gasteiger charge is 2.33. The first-order chi connectivity index (χ1) is 4.77. The van der Waals surface area contributed by atoms with E-state index < -0.39 is 6.10 Å². The van der Waals surface area contributed by atoms with Crippen LogP contribution in [0.2, 0.25) is 0 Å². The second kappa shape index (κ2) is 2.96. The molecule has 0 aromatic carbocycles. The van der Waals surface area contributed by atoms with Gasteiger partial charge in [-0.15, -0.1) is 0 Å². The van der Waals surface area contributed by atoms with Crippen LogP contribution < -0.4 is 11.3 Å². The van der Waals surface area contributed by atoms with E-state index in [9.17, 15) is 4.79 Å². The van der Waals surface area contributed by atoms with Gasteiger partial charge in [-0.2, -0.15) is 0 Å². The van der Waals surface area contributed by atoms with Crippen molar-refractivity contribution in [1.29, 1.82) is 0 Å². The van der Waals surface area contributed by atoms with Crippen molar-refractivity contribution < 1.29 is 14.6 Å². The highest BCUT2D eigenvalue weighted by molar-refractivity contribution is 5.72. The molecule has 0 unspecified atom stereocenters. The number of esters is 1. The minimum absolute atomic E-state index is 0.180. The van der Waals surface area contributed by atoms with Gasteiger partial charge < -0.3 is 9.84 Å². The molecule has 0 saturated carbocycles. The van der Waals surface area contributed by atoms with Crippen LogP contribution in [0.15, 0.2) is 0 Å². The van der Waals surface area contributed by atoms with Gasteiger partial charge >= 0.3 is 5.97 Å². The topological polar surface area (TPSA) is 84.6 Å². The standard InChI is InChI=1S/C5H10N2O3/c6-7-3-1-5(9)10-4(3)2-8/h3-4,7-8H,1-2,6H2/t3-,4+/m1/s1. The maximum absolute atomic E-state index is 10.6. The molecule has 0 spiro atoms. The molecule has 5 nitrogen and oxygen atoms in total. The second-order valence-corrected chi connectivity index (χ2v) is 2.19. The number of hydrazine groups is 1. The maximum Gasteiger partial charge on any atom is 0.307 e. The van der Waals surface area contributed by atoms with E-state index in [0.29, 0.717) is 0 Å². The van der Waals surface area contributed by atoms with Gasteiger partial charge in [0.25, 0.3) is 0 Å². The van der Waals surface area contributed by atoms with Gasteiger partial charge in [-0.05, 0) is 0 Å². The number of hydrogen-bond acceptors (Lipinski definition) is 5. The van der Waals surface area contributed by atoms with Crippen LogP contribution in [0.1, 0.15) is 6.42 Å². The molecule has 10 heavy (non-hydrogen) atoms. The van der Waals surface area contributed by atoms with Gasteiger partial charge in [0.1, 0.15) is 6.10 Å². The van der Waals surface area contributed by atoms with E-state index in [1.54, 1.807) is 0 Å². The van der Waals surface area contributed by atoms with Gasteiger partial charge in [0, 0.05) is 0 Å². The molecule has 0 aromatic heterocycles. The number of nitrogens with two attached hydrogens (primary N) is 1. The first-order valence-electron chi connectivity index (χ1n) is 3.04. The molecule has 4 N–H and O–H groups in total. The van der Waals surface area contributed by atoms with Crippen LogP contribution >= 0.6 is 0 Å². The lowest BCUT2D eigenvalue weighted by molar-refractivity contribution is -0.142. The lowest BCUT2D eigenvalue weighted by Crippen LogP contribution is -2.42. The summed E-state index contributed by atoms with van der Waals surface area (Å²) in [5.74, 6) is 4.75. The van der Waals surface area contributed by atoms with Gasteiger partial charge in [0.15, 0.2) is 0 Å². The van der Waals surface area contributed by atoms with Crippen LogP contribution in [0.4, 0.5) is 0 Å². The van der Waals surface area contributed by atoms with Crippen LogP contribution in [0.25, 0.3) is 0 Å². The van der Waals surface area contributed by atoms with Gasteiger partial charge in [-0.25, -0.2) is 0 Å². The monoisotopic (exact) mass is 146 g/mol. The summed E-state index contributed by atoms with van der Waals surface area (Å²) in [6.07, 6.45) is -0.237. The number of nitrogens with one attached hydrogen (secondary N) is 1. The molecular formula is C5H10N2O3. The Bertz CT molecular complexity index is 125. The normalized spacial score (nSPS) is 32.4. The van der Waals surface area contributed by atoms with Crippen molar-refractivity contribution in [1.82, 2.24) is 5.43 Å². The smallest absolute Gasteiger partial charge is 0.307 e. The predicted octanol–water partition coefficient (Wildman–Crippen LogP) is -1.87. The summed E-state index contributed by atoms with van der Waals surface area (Å²) in [5.41, 5.74) is 2.39. The van der Waals surface area contributed by atoms with Crippen molar-refractivity contribution in [3.8, 4) is 0 Å². The lowest BCUT2D eigenvalue weighted by Gasteiger charge is -2.12. The summed E-state index contributed by atoms with van der Waals surface area (Å²) in [7, 11) is 0. The molecule has 0 radical (unpaired) electrons. The summed E-state index contributed by atoms with van der Waals surface area (Å²) >= 11 is 0. The van der Waals surface area contributed by atoms with Crippen LogP contribution in [-0.4, -0.2) is 29.8 Å². The average molecular weight is 146 g/mol. The fourth-order valence-electron chi connectivity index (χ4n) is 0.941. The first kappa shape index (κ1) is 7.46. The Hall–Kier alpha value is -0.650. The Morgan fingerprint density at radius 1 is 1.90 bits per heavy atom. The van der Waals surface area contributed by atoms with E-state index in [0.717, 1.165) is 0 Å². The third-order valence-corrected chi connectivity index (χ3v) is 1.51. The average Bonchev–Trinajstić information content (AvgIpc) is 2.30. The Balaban J connectivity index is 2.48. The fraction of sp³-hybridized carbons (Fsp3) is 0.800. The molecule has 0 bridgehead atoms. The van der Waals surface area contributed by atoms with Crippen LogP contribution in [-0.2, 0) is 9.53 Å². The van der Waals surface area contributed by atoms with Crippen molar-refractivity contribution >= 4 is 5.97 Å². The third kappa shape index (κ3) is 1.26. The number of cyclic esters (lactones) is 1. The van der Waals surface area contributed by atoms with Crippen molar-refractivity contribution in [3.05, 3.63) is 0 Å². The molecule has 1 heterocycles. The molecule has 1 aliphatic heterocycles. The molecule has 58 valence electrons. The number of aliphatic hydroxyl groups excluding tert-OH is 1. The Morgan fingerprint density at radius 3 is 3.00 bits per heavy atom. The fourth-order valence-corrected chi connectivity index (χ4v) is 0.941. The number of hydrogen-bond donors (Lipinski definition) is 3. The Morgan fingerprint density at radius 2 is 2.60 bits per heavy atom. The summed E-state index contributed by atoms with van der Waals surface area (Å²) < 4.78 is 4.68. The highest BCUT2D eigenvalue weighted by Crippen LogP contribution is 2.12. The van der Waals surface area contributed by atoms with E-state index >= 15 is 0 Å². The number of carbonyl (C=O) groups excluding carboxylic acids is 1. The second-order valence-electron chi connectivity index (χ2n) is 2.19. The van der Waals surface area contributed by atoms with Gasteiger partial charge in [-0.1, -0.05) is 0 Å². The van der Waals surface area contributed by atoms with E-state index in [2.05, 4.69) is 10.2 Å². The SMILES string of the molecule is NN[C@@H]1CC(=O)O[C@H]1CO. The quantitative estimate of drug-likeness (QED) is 0.241. The summed E-state index contributed by atoms with van der Waals surface area (Å²) in [5, 5.41) is 8.61. The van der Waals surface area contributed by atoms with E-state index in [4.69, 9.17) is 10.9 Å². The number of carbonyl (C=O) groups is 1. The molecule has 1 fully saturated rings. The summed E-state index contributed by atoms with van der Waals surface area (Å²) in [6, 6.07) is -0.238. The zero-order valence-corrected chi connectivity index (χ0v) is 5.41. The zero-order chi connectivity index (χ0) is 7.56. The molecule has 2 atom stereocenters. The molecule has 0 aromatic rings. The third-order valence-electron chi connectivity index (χ3n) is 1.51. The van der Waals surface area contributed by atoms with Crippen molar-refractivity contribution in [2.24, 2.45) is 5.84 Å². The minimum Gasteiger partial charge on any atom is -0.458 e. The lowest BCUT2D eigenvalue weighted by atomic mass is 10.1. The van der Waals surface area contributed by atoms with Gasteiger partial charge in [0.05, 0.1) is 19.1 Å². The van der Waals surface area contributed by atoms with Crippen molar-refractivity contribution in [2.75, 3.05) is 6.61 Å². The molecule has 0 amide bonds. The van der Waals surface area contributed by atoms with Gasteiger partial charge in [-0.3, -0.25) is 16.1 Å². The first-order valence-corrected chi connectivity index (χ1v) is 3.04. The number of aliphatic hydroxyl groups is 1. The van der Waals surface area contributed by atoms with Gasteiger partial charge in [0.2, 0.25) is 0 Å². The van der Waals surface area contributed by atoms with Crippen LogP contribution in [0.5, 0.6) is 0 Å². The number of ether oxygens (including phenoxy) is 1. The van der Waals surface area contributed by atoms with Crippen LogP contribution in [0, 0.1) is 0 Å². The predicted molar refractivity (Wildman–Crippen MR) is 32.7 cm³/mol. The Labute approximate surface area is 58.1 Å². The zero-order valence-electron chi connectivity index (χ0n) is 5.41. The molecule has 1 saturated heterocycles. The molecule has 0 aliphatic carbocycles. The number of rotatable bonds is 2.